The molecular weight excluding hydrogens is 160 g/mol. The molecular formula is C12H14O. The Morgan fingerprint density at radius 1 is 1.15 bits per heavy atom. The topological polar surface area (TPSA) is 17.1 Å². The number of carbonyl (C=O) groups excluding carboxylic acids is 1. The molecule has 4 aliphatic carbocycles. The first-order valence-corrected chi connectivity index (χ1v) is 5.55. The van der Waals surface area contributed by atoms with Crippen molar-refractivity contribution in [3.05, 3.63) is 12.2 Å². The number of ketones is 1. The van der Waals surface area contributed by atoms with Crippen molar-refractivity contribution < 1.29 is 4.79 Å². The normalized spacial score (nSPS) is 60.8. The van der Waals surface area contributed by atoms with Crippen LogP contribution in [-0.4, -0.2) is 5.78 Å². The van der Waals surface area contributed by atoms with Gasteiger partial charge in [-0.1, -0.05) is 12.2 Å². The minimum atomic E-state index is 0.505. The lowest BCUT2D eigenvalue weighted by Gasteiger charge is -2.34. The molecule has 0 aromatic rings. The molecule has 1 nitrogen and oxygen atoms in total. The van der Waals surface area contributed by atoms with Gasteiger partial charge in [0.05, 0.1) is 0 Å². The predicted molar refractivity (Wildman–Crippen MR) is 48.9 cm³/mol. The number of rotatable bonds is 0. The molecule has 0 aliphatic heterocycles. The van der Waals surface area contributed by atoms with Gasteiger partial charge in [-0.05, 0) is 42.4 Å². The van der Waals surface area contributed by atoms with Crippen LogP contribution >= 0.6 is 0 Å². The first-order chi connectivity index (χ1) is 6.34. The van der Waals surface area contributed by atoms with Crippen LogP contribution in [0.25, 0.3) is 0 Å². The van der Waals surface area contributed by atoms with E-state index in [0.717, 1.165) is 36.0 Å². The molecule has 0 aromatic heterocycles. The Labute approximate surface area is 78.2 Å². The van der Waals surface area contributed by atoms with E-state index in [1.807, 2.05) is 0 Å². The van der Waals surface area contributed by atoms with Gasteiger partial charge in [-0.3, -0.25) is 4.79 Å². The summed E-state index contributed by atoms with van der Waals surface area (Å²) in [5.41, 5.74) is 0. The smallest absolute Gasteiger partial charge is 0.136 e. The summed E-state index contributed by atoms with van der Waals surface area (Å²) in [4.78, 5) is 11.5. The lowest BCUT2D eigenvalue weighted by molar-refractivity contribution is -0.134. The molecule has 2 bridgehead atoms. The Morgan fingerprint density at radius 2 is 2.00 bits per heavy atom. The maximum Gasteiger partial charge on any atom is 0.136 e. The third-order valence-electron chi connectivity index (χ3n) is 5.02. The van der Waals surface area contributed by atoms with Crippen molar-refractivity contribution in [1.82, 2.24) is 0 Å². The summed E-state index contributed by atoms with van der Waals surface area (Å²) in [6.45, 7) is 0. The number of carbonyl (C=O) groups is 1. The van der Waals surface area contributed by atoms with Gasteiger partial charge in [0, 0.05) is 12.3 Å². The van der Waals surface area contributed by atoms with E-state index in [1.54, 1.807) is 0 Å². The number of hydrogen-bond acceptors (Lipinski definition) is 1. The van der Waals surface area contributed by atoms with Gasteiger partial charge in [0.1, 0.15) is 5.78 Å². The maximum atomic E-state index is 11.5. The summed E-state index contributed by atoms with van der Waals surface area (Å²) in [7, 11) is 0. The number of fused-ring (bicyclic) bond motifs is 7. The summed E-state index contributed by atoms with van der Waals surface area (Å²) in [6, 6.07) is 0. The predicted octanol–water partition coefficient (Wildman–Crippen LogP) is 2.03. The van der Waals surface area contributed by atoms with Gasteiger partial charge >= 0.3 is 0 Å². The van der Waals surface area contributed by atoms with E-state index in [0.29, 0.717) is 11.7 Å². The van der Waals surface area contributed by atoms with Crippen molar-refractivity contribution in [2.24, 2.45) is 35.5 Å². The third kappa shape index (κ3) is 0.619. The first kappa shape index (κ1) is 6.80. The van der Waals surface area contributed by atoms with Crippen molar-refractivity contribution in [3.63, 3.8) is 0 Å². The van der Waals surface area contributed by atoms with Gasteiger partial charge < -0.3 is 0 Å². The number of Topliss-reactive ketones (excluding diaryl/α,β-unsaturated/α-hetero) is 1. The lowest BCUT2D eigenvalue weighted by Crippen LogP contribution is -2.38. The molecule has 0 N–H and O–H groups in total. The quantitative estimate of drug-likeness (QED) is 0.513. The molecule has 4 aliphatic rings. The SMILES string of the molecule is O=C1C[C@H]2C[C@@H]3C4C=CC(C4)[C@@H]3[C@@H]12. The van der Waals surface area contributed by atoms with Crippen molar-refractivity contribution in [2.75, 3.05) is 0 Å². The summed E-state index contributed by atoms with van der Waals surface area (Å²) in [5.74, 6) is 5.21. The molecule has 0 spiro atoms. The van der Waals surface area contributed by atoms with Crippen molar-refractivity contribution >= 4 is 5.78 Å². The van der Waals surface area contributed by atoms with E-state index in [4.69, 9.17) is 0 Å². The number of hydrogen-bond donors (Lipinski definition) is 0. The van der Waals surface area contributed by atoms with Gasteiger partial charge in [0.2, 0.25) is 0 Å². The van der Waals surface area contributed by atoms with Crippen molar-refractivity contribution in [2.45, 2.75) is 19.3 Å². The Balaban J connectivity index is 1.77. The summed E-state index contributed by atoms with van der Waals surface area (Å²) in [5, 5.41) is 0. The zero-order valence-electron chi connectivity index (χ0n) is 7.65. The molecule has 68 valence electrons. The highest BCUT2D eigenvalue weighted by molar-refractivity contribution is 5.88. The van der Waals surface area contributed by atoms with E-state index in [1.165, 1.54) is 12.8 Å². The van der Waals surface area contributed by atoms with E-state index in [9.17, 15) is 4.79 Å². The zero-order chi connectivity index (χ0) is 8.58. The van der Waals surface area contributed by atoms with Crippen LogP contribution in [0.3, 0.4) is 0 Å². The summed E-state index contributed by atoms with van der Waals surface area (Å²) < 4.78 is 0. The number of allylic oxidation sites excluding steroid dienone is 2. The van der Waals surface area contributed by atoms with E-state index >= 15 is 0 Å². The molecule has 3 fully saturated rings. The van der Waals surface area contributed by atoms with Crippen molar-refractivity contribution in [1.29, 1.82) is 0 Å². The Bertz CT molecular complexity index is 317. The van der Waals surface area contributed by atoms with E-state index < -0.39 is 0 Å². The van der Waals surface area contributed by atoms with Crippen LogP contribution in [-0.2, 0) is 4.79 Å². The Hall–Kier alpha value is -0.590. The fraction of sp³-hybridized carbons (Fsp3) is 0.750. The molecule has 4 rings (SSSR count). The molecule has 13 heavy (non-hydrogen) atoms. The summed E-state index contributed by atoms with van der Waals surface area (Å²) in [6.07, 6.45) is 8.45. The molecule has 0 amide bonds. The second-order valence-corrected chi connectivity index (χ2v) is 5.38. The highest BCUT2D eigenvalue weighted by Crippen LogP contribution is 2.63. The second kappa shape index (κ2) is 1.92. The molecule has 2 unspecified atom stereocenters. The van der Waals surface area contributed by atoms with Gasteiger partial charge in [-0.25, -0.2) is 0 Å². The van der Waals surface area contributed by atoms with Crippen LogP contribution in [0.5, 0.6) is 0 Å². The molecule has 3 saturated carbocycles. The van der Waals surface area contributed by atoms with Crippen LogP contribution in [0.1, 0.15) is 19.3 Å². The average molecular weight is 174 g/mol. The van der Waals surface area contributed by atoms with Gasteiger partial charge in [0.15, 0.2) is 0 Å². The Morgan fingerprint density at radius 3 is 2.85 bits per heavy atom. The van der Waals surface area contributed by atoms with Crippen LogP contribution < -0.4 is 0 Å². The maximum absolute atomic E-state index is 11.5. The van der Waals surface area contributed by atoms with Crippen LogP contribution in [0.2, 0.25) is 0 Å². The molecule has 0 saturated heterocycles. The van der Waals surface area contributed by atoms with E-state index in [-0.39, 0.29) is 0 Å². The minimum Gasteiger partial charge on any atom is -0.299 e. The summed E-state index contributed by atoms with van der Waals surface area (Å²) >= 11 is 0. The minimum absolute atomic E-state index is 0.505. The van der Waals surface area contributed by atoms with Gasteiger partial charge in [-0.15, -0.1) is 0 Å². The largest absolute Gasteiger partial charge is 0.299 e. The first-order valence-electron chi connectivity index (χ1n) is 5.55. The Kier molecular flexibility index (Phi) is 1.00. The van der Waals surface area contributed by atoms with Crippen LogP contribution in [0, 0.1) is 35.5 Å². The molecule has 0 aromatic carbocycles. The highest BCUT2D eigenvalue weighted by Gasteiger charge is 2.60. The zero-order valence-corrected chi connectivity index (χ0v) is 7.65. The fourth-order valence-corrected chi connectivity index (χ4v) is 4.56. The van der Waals surface area contributed by atoms with Crippen LogP contribution in [0.15, 0.2) is 12.2 Å². The second-order valence-electron chi connectivity index (χ2n) is 5.38. The average Bonchev–Trinajstić information content (AvgIpc) is 2.70. The monoisotopic (exact) mass is 174 g/mol. The molecule has 0 heterocycles. The fourth-order valence-electron chi connectivity index (χ4n) is 4.56. The van der Waals surface area contributed by atoms with E-state index in [2.05, 4.69) is 12.2 Å². The van der Waals surface area contributed by atoms with Crippen LogP contribution in [0.4, 0.5) is 0 Å². The third-order valence-corrected chi connectivity index (χ3v) is 5.02. The molecule has 0 radical (unpaired) electrons. The van der Waals surface area contributed by atoms with Gasteiger partial charge in [-0.2, -0.15) is 0 Å². The molecule has 6 atom stereocenters. The van der Waals surface area contributed by atoms with Crippen molar-refractivity contribution in [3.8, 4) is 0 Å². The van der Waals surface area contributed by atoms with Gasteiger partial charge in [0.25, 0.3) is 0 Å². The highest BCUT2D eigenvalue weighted by atomic mass is 16.1. The lowest BCUT2D eigenvalue weighted by atomic mass is 9.68. The standard InChI is InChI=1S/C12H14O/c13-10-5-8-4-9-6-1-2-7(3-6)11(9)12(8)10/h1-2,6-9,11-12H,3-5H2/t6?,7?,8-,9-,11+,12-/m1/s1. The molecule has 1 heteroatoms.